The Morgan fingerprint density at radius 3 is 2.47 bits per heavy atom. The van der Waals surface area contributed by atoms with Gasteiger partial charge < -0.3 is 10.5 Å². The van der Waals surface area contributed by atoms with E-state index in [1.165, 1.54) is 5.56 Å². The van der Waals surface area contributed by atoms with Gasteiger partial charge in [-0.05, 0) is 23.1 Å². The van der Waals surface area contributed by atoms with Crippen molar-refractivity contribution in [1.29, 1.82) is 0 Å². The van der Waals surface area contributed by atoms with E-state index < -0.39 is 0 Å². The molecule has 0 unspecified atom stereocenters. The molecular weight excluding hydrogens is 210 g/mol. The molecule has 0 aliphatic heterocycles. The maximum absolute atomic E-state index is 6.05. The number of rotatable bonds is 2. The van der Waals surface area contributed by atoms with Crippen LogP contribution in [-0.2, 0) is 0 Å². The van der Waals surface area contributed by atoms with Crippen LogP contribution >= 0.6 is 11.6 Å². The van der Waals surface area contributed by atoms with Gasteiger partial charge in [0.05, 0.1) is 7.11 Å². The Labute approximate surface area is 95.4 Å². The molecule has 2 nitrogen and oxygen atoms in total. The zero-order valence-electron chi connectivity index (χ0n) is 9.25. The largest absolute Gasteiger partial charge is 0.496 e. The van der Waals surface area contributed by atoms with Gasteiger partial charge in [0.25, 0.3) is 0 Å². The Hall–Kier alpha value is -0.730. The van der Waals surface area contributed by atoms with Gasteiger partial charge in [-0.25, -0.2) is 0 Å². The van der Waals surface area contributed by atoms with E-state index in [1.54, 1.807) is 7.11 Å². The highest BCUT2D eigenvalue weighted by Gasteiger charge is 2.57. The van der Waals surface area contributed by atoms with Gasteiger partial charge in [-0.1, -0.05) is 31.5 Å². The maximum Gasteiger partial charge on any atom is 0.123 e. The van der Waals surface area contributed by atoms with Crippen molar-refractivity contribution in [2.45, 2.75) is 25.8 Å². The highest BCUT2D eigenvalue weighted by molar-refractivity contribution is 6.30. The predicted octanol–water partition coefficient (Wildman–Crippen LogP) is 2.80. The van der Waals surface area contributed by atoms with Crippen LogP contribution in [0.25, 0.3) is 0 Å². The van der Waals surface area contributed by atoms with Crippen molar-refractivity contribution in [3.8, 4) is 5.75 Å². The van der Waals surface area contributed by atoms with Crippen LogP contribution in [-0.4, -0.2) is 13.2 Å². The lowest BCUT2D eigenvalue weighted by molar-refractivity contribution is 0.407. The Morgan fingerprint density at radius 1 is 1.40 bits per heavy atom. The molecule has 15 heavy (non-hydrogen) atoms. The minimum absolute atomic E-state index is 0.168. The highest BCUT2D eigenvalue weighted by atomic mass is 35.5. The number of methoxy groups -OCH3 is 1. The van der Waals surface area contributed by atoms with Crippen molar-refractivity contribution >= 4 is 11.6 Å². The lowest BCUT2D eigenvalue weighted by Crippen LogP contribution is -2.06. The molecule has 1 fully saturated rings. The van der Waals surface area contributed by atoms with Gasteiger partial charge in [-0.2, -0.15) is 0 Å². The second-order valence-electron chi connectivity index (χ2n) is 4.71. The van der Waals surface area contributed by atoms with Crippen LogP contribution in [0.3, 0.4) is 0 Å². The Kier molecular flexibility index (Phi) is 2.44. The van der Waals surface area contributed by atoms with E-state index in [9.17, 15) is 0 Å². The molecule has 0 amide bonds. The van der Waals surface area contributed by atoms with Gasteiger partial charge in [0, 0.05) is 17.0 Å². The first-order valence-corrected chi connectivity index (χ1v) is 5.45. The summed E-state index contributed by atoms with van der Waals surface area (Å²) in [6.45, 7) is 4.35. The third-order valence-corrected chi connectivity index (χ3v) is 3.68. The third-order valence-electron chi connectivity index (χ3n) is 3.44. The van der Waals surface area contributed by atoms with Crippen molar-refractivity contribution < 1.29 is 4.74 Å². The van der Waals surface area contributed by atoms with Gasteiger partial charge in [-0.3, -0.25) is 0 Å². The number of ether oxygens (including phenoxy) is 1. The molecular formula is C12H16ClNO. The summed E-state index contributed by atoms with van der Waals surface area (Å²) in [5, 5.41) is 0.697. The van der Waals surface area contributed by atoms with E-state index in [0.717, 1.165) is 5.75 Å². The second-order valence-corrected chi connectivity index (χ2v) is 5.15. The number of halogens is 1. The van der Waals surface area contributed by atoms with Gasteiger partial charge in [0.15, 0.2) is 0 Å². The Balaban J connectivity index is 2.38. The fourth-order valence-electron chi connectivity index (χ4n) is 2.21. The smallest absolute Gasteiger partial charge is 0.123 e. The fraction of sp³-hybridized carbons (Fsp3) is 0.500. The van der Waals surface area contributed by atoms with Crippen LogP contribution in [0, 0.1) is 5.41 Å². The normalized spacial score (nSPS) is 27.5. The molecule has 0 spiro atoms. The molecule has 2 N–H and O–H groups in total. The molecule has 1 aliphatic carbocycles. The van der Waals surface area contributed by atoms with Crippen LogP contribution in [0.2, 0.25) is 5.02 Å². The van der Waals surface area contributed by atoms with Crippen LogP contribution in [0.15, 0.2) is 18.2 Å². The van der Waals surface area contributed by atoms with E-state index in [2.05, 4.69) is 13.8 Å². The quantitative estimate of drug-likeness (QED) is 0.840. The van der Waals surface area contributed by atoms with Gasteiger partial charge in [0.1, 0.15) is 5.75 Å². The number of benzene rings is 1. The van der Waals surface area contributed by atoms with E-state index in [0.29, 0.717) is 10.9 Å². The summed E-state index contributed by atoms with van der Waals surface area (Å²) < 4.78 is 5.33. The molecule has 1 aromatic rings. The predicted molar refractivity (Wildman–Crippen MR) is 62.5 cm³/mol. The Morgan fingerprint density at radius 2 is 2.00 bits per heavy atom. The lowest BCUT2D eigenvalue weighted by Gasteiger charge is -2.09. The number of nitrogens with two attached hydrogens (primary N) is 1. The molecule has 0 heterocycles. The van der Waals surface area contributed by atoms with E-state index in [1.807, 2.05) is 18.2 Å². The first-order valence-electron chi connectivity index (χ1n) is 5.07. The van der Waals surface area contributed by atoms with Crippen molar-refractivity contribution in [3.05, 3.63) is 28.8 Å². The highest BCUT2D eigenvalue weighted by Crippen LogP contribution is 2.59. The van der Waals surface area contributed by atoms with Gasteiger partial charge >= 0.3 is 0 Å². The van der Waals surface area contributed by atoms with Crippen LogP contribution in [0.1, 0.15) is 25.3 Å². The van der Waals surface area contributed by atoms with Crippen molar-refractivity contribution in [2.24, 2.45) is 11.1 Å². The summed E-state index contributed by atoms with van der Waals surface area (Å²) in [6, 6.07) is 5.96. The van der Waals surface area contributed by atoms with Crippen molar-refractivity contribution in [2.75, 3.05) is 7.11 Å². The summed E-state index contributed by atoms with van der Waals surface area (Å²) in [5.41, 5.74) is 7.38. The fourth-order valence-corrected chi connectivity index (χ4v) is 2.38. The van der Waals surface area contributed by atoms with Crippen molar-refractivity contribution in [3.63, 3.8) is 0 Å². The van der Waals surface area contributed by atoms with Gasteiger partial charge in [0.2, 0.25) is 0 Å². The van der Waals surface area contributed by atoms with Crippen LogP contribution < -0.4 is 10.5 Å². The summed E-state index contributed by atoms with van der Waals surface area (Å²) in [6.07, 6.45) is 0. The molecule has 2 atom stereocenters. The molecule has 1 aromatic carbocycles. The second kappa shape index (κ2) is 3.39. The average molecular weight is 226 g/mol. The lowest BCUT2D eigenvalue weighted by atomic mass is 10.0. The van der Waals surface area contributed by atoms with E-state index in [4.69, 9.17) is 22.1 Å². The molecule has 1 saturated carbocycles. The topological polar surface area (TPSA) is 35.2 Å². The SMILES string of the molecule is COc1cc(Cl)ccc1[C@@H]1[C@@H](N)C1(C)C. The molecule has 0 radical (unpaired) electrons. The van der Waals surface area contributed by atoms with E-state index >= 15 is 0 Å². The van der Waals surface area contributed by atoms with Gasteiger partial charge in [-0.15, -0.1) is 0 Å². The van der Waals surface area contributed by atoms with E-state index in [-0.39, 0.29) is 11.5 Å². The number of hydrogen-bond donors (Lipinski definition) is 1. The summed E-state index contributed by atoms with van der Waals surface area (Å²) in [4.78, 5) is 0. The average Bonchev–Trinajstić information content (AvgIpc) is 2.67. The van der Waals surface area contributed by atoms with Crippen LogP contribution in [0.4, 0.5) is 0 Å². The molecule has 0 saturated heterocycles. The van der Waals surface area contributed by atoms with Crippen LogP contribution in [0.5, 0.6) is 5.75 Å². The zero-order valence-corrected chi connectivity index (χ0v) is 10.0. The summed E-state index contributed by atoms with van der Waals surface area (Å²) in [5.74, 6) is 1.22. The monoisotopic (exact) mass is 225 g/mol. The minimum Gasteiger partial charge on any atom is -0.496 e. The molecule has 0 aromatic heterocycles. The molecule has 0 bridgehead atoms. The first-order chi connectivity index (χ1) is 6.98. The summed E-state index contributed by atoms with van der Waals surface area (Å²) in [7, 11) is 1.66. The standard InChI is InChI=1S/C12H16ClNO/c1-12(2)10(11(12)14)8-5-4-7(13)6-9(8)15-3/h4-6,10-11H,14H2,1-3H3/t10-,11-/m1/s1. The van der Waals surface area contributed by atoms with Crippen molar-refractivity contribution in [1.82, 2.24) is 0 Å². The number of hydrogen-bond acceptors (Lipinski definition) is 2. The molecule has 82 valence electrons. The molecule has 1 aliphatic rings. The Bertz CT molecular complexity index is 389. The zero-order chi connectivity index (χ0) is 11.2. The minimum atomic E-state index is 0.168. The third kappa shape index (κ3) is 1.62. The maximum atomic E-state index is 6.05. The summed E-state index contributed by atoms with van der Waals surface area (Å²) >= 11 is 5.92. The molecule has 3 heteroatoms. The molecule has 2 rings (SSSR count). The first kappa shape index (κ1) is 10.8.